The van der Waals surface area contributed by atoms with Crippen LogP contribution in [-0.4, -0.2) is 41.6 Å². The number of fused-ring (bicyclic) bond motifs is 3. The molecular formula is C18H20N2O2S. The van der Waals surface area contributed by atoms with Crippen LogP contribution < -0.4 is 5.32 Å². The monoisotopic (exact) mass is 328 g/mol. The van der Waals surface area contributed by atoms with Crippen molar-refractivity contribution in [2.75, 3.05) is 19.6 Å². The lowest BCUT2D eigenvalue weighted by Gasteiger charge is -2.44. The molecule has 1 amide bonds. The van der Waals surface area contributed by atoms with E-state index in [0.29, 0.717) is 5.92 Å². The van der Waals surface area contributed by atoms with Crippen LogP contribution in [0.1, 0.15) is 22.5 Å². The summed E-state index contributed by atoms with van der Waals surface area (Å²) in [7, 11) is 0. The second kappa shape index (κ2) is 5.98. The molecule has 4 heterocycles. The Labute approximate surface area is 139 Å². The average Bonchev–Trinajstić information content (AvgIpc) is 3.06. The van der Waals surface area contributed by atoms with Gasteiger partial charge in [0.15, 0.2) is 0 Å². The number of carbonyl (C=O) groups is 1. The van der Waals surface area contributed by atoms with Gasteiger partial charge < -0.3 is 15.3 Å². The normalized spacial score (nSPS) is 26.2. The van der Waals surface area contributed by atoms with Gasteiger partial charge in [0.1, 0.15) is 5.75 Å². The van der Waals surface area contributed by atoms with Gasteiger partial charge in [-0.25, -0.2) is 0 Å². The number of nitrogens with one attached hydrogen (secondary N) is 1. The molecule has 0 saturated carbocycles. The fraction of sp³-hybridized carbons (Fsp3) is 0.389. The lowest BCUT2D eigenvalue weighted by Crippen LogP contribution is -2.57. The second-order valence-electron chi connectivity index (χ2n) is 6.43. The smallest absolute Gasteiger partial charge is 0.261 e. The van der Waals surface area contributed by atoms with Gasteiger partial charge in [0.25, 0.3) is 5.91 Å². The van der Waals surface area contributed by atoms with E-state index < -0.39 is 0 Å². The van der Waals surface area contributed by atoms with Gasteiger partial charge in [0.05, 0.1) is 4.88 Å². The highest BCUT2D eigenvalue weighted by atomic mass is 32.1. The van der Waals surface area contributed by atoms with Gasteiger partial charge in [0.2, 0.25) is 0 Å². The number of rotatable bonds is 3. The minimum atomic E-state index is 0.0279. The molecule has 4 nitrogen and oxygen atoms in total. The van der Waals surface area contributed by atoms with Gasteiger partial charge in [-0.2, -0.15) is 0 Å². The van der Waals surface area contributed by atoms with Crippen LogP contribution in [-0.2, 0) is 0 Å². The van der Waals surface area contributed by atoms with E-state index in [1.807, 2.05) is 24.3 Å². The summed E-state index contributed by atoms with van der Waals surface area (Å²) < 4.78 is 0. The first kappa shape index (κ1) is 14.7. The molecule has 3 saturated heterocycles. The summed E-state index contributed by atoms with van der Waals surface area (Å²) in [5, 5.41) is 12.8. The van der Waals surface area contributed by atoms with Crippen molar-refractivity contribution >= 4 is 17.2 Å². The third-order valence-corrected chi connectivity index (χ3v) is 6.07. The van der Waals surface area contributed by atoms with E-state index >= 15 is 0 Å². The zero-order valence-electron chi connectivity index (χ0n) is 12.9. The van der Waals surface area contributed by atoms with Gasteiger partial charge >= 0.3 is 0 Å². The van der Waals surface area contributed by atoms with E-state index in [0.717, 1.165) is 21.9 Å². The molecule has 1 aromatic heterocycles. The van der Waals surface area contributed by atoms with Gasteiger partial charge in [-0.3, -0.25) is 4.79 Å². The van der Waals surface area contributed by atoms with E-state index in [9.17, 15) is 9.90 Å². The quantitative estimate of drug-likeness (QED) is 0.911. The third-order valence-electron chi connectivity index (χ3n) is 4.93. The molecule has 0 spiro atoms. The first-order valence-corrected chi connectivity index (χ1v) is 8.93. The van der Waals surface area contributed by atoms with Crippen molar-refractivity contribution in [2.24, 2.45) is 5.92 Å². The summed E-state index contributed by atoms with van der Waals surface area (Å²) in [6.07, 6.45) is 2.40. The summed E-state index contributed by atoms with van der Waals surface area (Å²) >= 11 is 1.47. The maximum Gasteiger partial charge on any atom is 0.261 e. The number of phenolic OH excluding ortho intramolecular Hbond substituents is 1. The van der Waals surface area contributed by atoms with E-state index in [4.69, 9.17) is 0 Å². The van der Waals surface area contributed by atoms with Crippen LogP contribution in [0.5, 0.6) is 5.75 Å². The number of carbonyl (C=O) groups excluding carboxylic acids is 1. The van der Waals surface area contributed by atoms with Crippen molar-refractivity contribution in [2.45, 2.75) is 18.9 Å². The van der Waals surface area contributed by atoms with Crippen LogP contribution in [0.4, 0.5) is 0 Å². The van der Waals surface area contributed by atoms with Crippen molar-refractivity contribution in [1.82, 2.24) is 10.2 Å². The van der Waals surface area contributed by atoms with Gasteiger partial charge in [-0.1, -0.05) is 12.1 Å². The summed E-state index contributed by atoms with van der Waals surface area (Å²) in [5.74, 6) is 0.906. The summed E-state index contributed by atoms with van der Waals surface area (Å²) in [4.78, 5) is 16.7. The Hall–Kier alpha value is -1.85. The maximum atomic E-state index is 12.5. The number of hydrogen-bond acceptors (Lipinski definition) is 4. The third kappa shape index (κ3) is 2.99. The van der Waals surface area contributed by atoms with Crippen LogP contribution in [0.3, 0.4) is 0 Å². The molecular weight excluding hydrogens is 308 g/mol. The van der Waals surface area contributed by atoms with Crippen molar-refractivity contribution in [3.8, 4) is 16.2 Å². The predicted octanol–water partition coefficient (Wildman–Crippen LogP) is 2.94. The number of nitrogens with zero attached hydrogens (tertiary/aromatic N) is 1. The molecule has 1 unspecified atom stereocenters. The highest BCUT2D eigenvalue weighted by Crippen LogP contribution is 2.31. The highest BCUT2D eigenvalue weighted by Gasteiger charge is 2.35. The Balaban J connectivity index is 1.47. The van der Waals surface area contributed by atoms with Crippen LogP contribution in [0.15, 0.2) is 36.4 Å². The van der Waals surface area contributed by atoms with Gasteiger partial charge in [-0.15, -0.1) is 11.3 Å². The summed E-state index contributed by atoms with van der Waals surface area (Å²) in [5.41, 5.74) is 0.942. The Kier molecular flexibility index (Phi) is 3.83. The Morgan fingerprint density at radius 2 is 2.04 bits per heavy atom. The topological polar surface area (TPSA) is 52.6 Å². The van der Waals surface area contributed by atoms with E-state index in [1.165, 1.54) is 37.3 Å². The largest absolute Gasteiger partial charge is 0.508 e. The number of aromatic hydroxyl groups is 1. The maximum absolute atomic E-state index is 12.5. The minimum Gasteiger partial charge on any atom is -0.508 e. The molecule has 5 rings (SSSR count). The second-order valence-corrected chi connectivity index (χ2v) is 7.52. The fourth-order valence-electron chi connectivity index (χ4n) is 3.64. The number of phenols is 1. The lowest BCUT2D eigenvalue weighted by molar-refractivity contribution is 0.0622. The first-order valence-electron chi connectivity index (χ1n) is 8.11. The summed E-state index contributed by atoms with van der Waals surface area (Å²) in [6, 6.07) is 11.2. The molecule has 1 atom stereocenters. The molecule has 1 aromatic carbocycles. The van der Waals surface area contributed by atoms with Crippen LogP contribution in [0, 0.1) is 5.92 Å². The van der Waals surface area contributed by atoms with Crippen molar-refractivity contribution in [3.63, 3.8) is 0 Å². The number of benzene rings is 1. The number of piperidine rings is 3. The van der Waals surface area contributed by atoms with E-state index in [2.05, 4.69) is 10.2 Å². The van der Waals surface area contributed by atoms with E-state index in [-0.39, 0.29) is 17.7 Å². The van der Waals surface area contributed by atoms with Gasteiger partial charge in [0, 0.05) is 17.5 Å². The molecule has 0 aliphatic carbocycles. The van der Waals surface area contributed by atoms with Crippen LogP contribution in [0.2, 0.25) is 0 Å². The number of hydrogen-bond donors (Lipinski definition) is 2. The Bertz CT molecular complexity index is 719. The van der Waals surface area contributed by atoms with E-state index in [1.54, 1.807) is 12.1 Å². The zero-order valence-corrected chi connectivity index (χ0v) is 13.7. The predicted molar refractivity (Wildman–Crippen MR) is 91.8 cm³/mol. The highest BCUT2D eigenvalue weighted by molar-refractivity contribution is 7.17. The average molecular weight is 328 g/mol. The number of thiophene rings is 1. The SMILES string of the molecule is O=C(NC1CN2CCC1CC2)c1ccc(-c2cccc(O)c2)s1. The fourth-order valence-corrected chi connectivity index (χ4v) is 4.55. The molecule has 2 bridgehead atoms. The molecule has 2 N–H and O–H groups in total. The Morgan fingerprint density at radius 3 is 2.74 bits per heavy atom. The summed E-state index contributed by atoms with van der Waals surface area (Å²) in [6.45, 7) is 3.34. The molecule has 0 radical (unpaired) electrons. The van der Waals surface area contributed by atoms with Crippen LogP contribution >= 0.6 is 11.3 Å². The number of amides is 1. The molecule has 120 valence electrons. The molecule has 23 heavy (non-hydrogen) atoms. The van der Waals surface area contributed by atoms with Crippen molar-refractivity contribution < 1.29 is 9.90 Å². The van der Waals surface area contributed by atoms with Crippen molar-refractivity contribution in [3.05, 3.63) is 41.3 Å². The lowest BCUT2D eigenvalue weighted by atomic mass is 9.84. The van der Waals surface area contributed by atoms with Crippen LogP contribution in [0.25, 0.3) is 10.4 Å². The standard InChI is InChI=1S/C18H20N2O2S/c21-14-3-1-2-13(10-14)16-4-5-17(23-16)18(22)19-15-11-20-8-6-12(15)7-9-20/h1-5,10,12,15,21H,6-9,11H2,(H,19,22). The first-order chi connectivity index (χ1) is 11.2. The molecule has 3 aliphatic rings. The molecule has 3 fully saturated rings. The molecule has 5 heteroatoms. The zero-order chi connectivity index (χ0) is 15.8. The van der Waals surface area contributed by atoms with Gasteiger partial charge in [-0.05, 0) is 61.7 Å². The molecule has 2 aromatic rings. The van der Waals surface area contributed by atoms with Crippen molar-refractivity contribution in [1.29, 1.82) is 0 Å². The molecule has 3 aliphatic heterocycles. The Morgan fingerprint density at radius 1 is 1.22 bits per heavy atom. The minimum absolute atomic E-state index is 0.0279.